The van der Waals surface area contributed by atoms with E-state index in [1.807, 2.05) is 24.3 Å². The van der Waals surface area contributed by atoms with Crippen molar-refractivity contribution in [3.05, 3.63) is 66.1 Å². The molecule has 9 heteroatoms. The van der Waals surface area contributed by atoms with E-state index >= 15 is 0 Å². The number of hydrogen-bond acceptors (Lipinski definition) is 7. The van der Waals surface area contributed by atoms with Gasteiger partial charge in [-0.15, -0.1) is 11.8 Å². The van der Waals surface area contributed by atoms with Crippen LogP contribution in [0, 0.1) is 0 Å². The van der Waals surface area contributed by atoms with E-state index in [4.69, 9.17) is 9.47 Å². The summed E-state index contributed by atoms with van der Waals surface area (Å²) in [4.78, 5) is 21.2. The highest BCUT2D eigenvalue weighted by molar-refractivity contribution is 7.98. The number of nitrogens with one attached hydrogen (secondary N) is 2. The van der Waals surface area contributed by atoms with Crippen LogP contribution in [0.1, 0.15) is 15.9 Å². The van der Waals surface area contributed by atoms with Crippen LogP contribution in [0.15, 0.2) is 60.0 Å². The van der Waals surface area contributed by atoms with Crippen molar-refractivity contribution in [2.45, 2.75) is 10.8 Å². The third kappa shape index (κ3) is 4.36. The molecule has 8 nitrogen and oxygen atoms in total. The second-order valence-electron chi connectivity index (χ2n) is 6.36. The van der Waals surface area contributed by atoms with Gasteiger partial charge in [0.25, 0.3) is 5.91 Å². The number of nitrogens with zero attached hydrogens (tertiary/aromatic N) is 3. The Morgan fingerprint density at radius 2 is 1.90 bits per heavy atom. The van der Waals surface area contributed by atoms with Crippen LogP contribution < -0.4 is 14.8 Å². The van der Waals surface area contributed by atoms with Crippen molar-refractivity contribution in [3.63, 3.8) is 0 Å². The van der Waals surface area contributed by atoms with Crippen LogP contribution in [0.2, 0.25) is 0 Å². The van der Waals surface area contributed by atoms with Crippen LogP contribution in [-0.2, 0) is 5.75 Å². The zero-order chi connectivity index (χ0) is 20.9. The maximum Gasteiger partial charge on any atom is 0.255 e. The largest absolute Gasteiger partial charge is 0.497 e. The fourth-order valence-corrected chi connectivity index (χ4v) is 3.80. The quantitative estimate of drug-likeness (QED) is 0.344. The van der Waals surface area contributed by atoms with Gasteiger partial charge in [-0.2, -0.15) is 5.10 Å². The lowest BCUT2D eigenvalue weighted by Crippen LogP contribution is -2.12. The topological polar surface area (TPSA) is 102 Å². The number of thioether (sulfide) groups is 1. The number of H-pyrrole nitrogens is 1. The smallest absolute Gasteiger partial charge is 0.255 e. The molecule has 4 rings (SSSR count). The van der Waals surface area contributed by atoms with Crippen molar-refractivity contribution in [2.75, 3.05) is 19.5 Å². The molecule has 152 valence electrons. The molecule has 30 heavy (non-hydrogen) atoms. The Morgan fingerprint density at radius 1 is 1.10 bits per heavy atom. The summed E-state index contributed by atoms with van der Waals surface area (Å²) < 4.78 is 10.5. The van der Waals surface area contributed by atoms with Gasteiger partial charge >= 0.3 is 0 Å². The van der Waals surface area contributed by atoms with E-state index in [-0.39, 0.29) is 5.91 Å². The Labute approximate surface area is 177 Å². The molecule has 0 aliphatic rings. The number of carbonyl (C=O) groups is 1. The first kappa shape index (κ1) is 19.7. The predicted molar refractivity (Wildman–Crippen MR) is 115 cm³/mol. The molecule has 2 aromatic heterocycles. The number of aromatic nitrogens is 4. The van der Waals surface area contributed by atoms with Crippen LogP contribution in [0.25, 0.3) is 11.0 Å². The number of carbonyl (C=O) groups excluding carboxylic acids is 1. The average Bonchev–Trinajstić information content (AvgIpc) is 3.27. The molecular formula is C21H19N5O3S. The molecule has 4 aromatic rings. The van der Waals surface area contributed by atoms with Gasteiger partial charge in [0.2, 0.25) is 0 Å². The van der Waals surface area contributed by atoms with E-state index in [0.29, 0.717) is 34.1 Å². The molecule has 1 amide bonds. The van der Waals surface area contributed by atoms with E-state index in [9.17, 15) is 4.79 Å². The first-order valence-electron chi connectivity index (χ1n) is 9.06. The summed E-state index contributed by atoms with van der Waals surface area (Å²) in [6.07, 6.45) is 3.23. The minimum absolute atomic E-state index is 0.243. The maximum absolute atomic E-state index is 12.7. The summed E-state index contributed by atoms with van der Waals surface area (Å²) in [7, 11) is 3.10. The Hall–Kier alpha value is -3.59. The van der Waals surface area contributed by atoms with E-state index in [0.717, 1.165) is 16.0 Å². The maximum atomic E-state index is 12.7. The monoisotopic (exact) mass is 421 g/mol. The number of anilines is 1. The molecule has 0 spiro atoms. The Kier molecular flexibility index (Phi) is 5.80. The number of hydrogen-bond donors (Lipinski definition) is 2. The molecule has 0 aliphatic heterocycles. The molecule has 2 N–H and O–H groups in total. The number of methoxy groups -OCH3 is 2. The zero-order valence-electron chi connectivity index (χ0n) is 16.4. The van der Waals surface area contributed by atoms with E-state index in [2.05, 4.69) is 25.5 Å². The minimum atomic E-state index is -0.243. The number of fused-ring (bicyclic) bond motifs is 1. The van der Waals surface area contributed by atoms with Crippen LogP contribution in [0.4, 0.5) is 5.69 Å². The van der Waals surface area contributed by atoms with Gasteiger partial charge in [0.05, 0.1) is 25.8 Å². The van der Waals surface area contributed by atoms with Crippen molar-refractivity contribution in [3.8, 4) is 11.5 Å². The lowest BCUT2D eigenvalue weighted by Gasteiger charge is -2.10. The number of rotatable bonds is 7. The number of amides is 1. The Bertz CT molecular complexity index is 1170. The SMILES string of the molecule is COc1cc(OC)cc(C(=O)Nc2cccc(CSc3ncnc4[nH]ncc34)c2)c1. The Balaban J connectivity index is 1.47. The normalized spacial score (nSPS) is 10.7. The highest BCUT2D eigenvalue weighted by Gasteiger charge is 2.11. The summed E-state index contributed by atoms with van der Waals surface area (Å²) in [6, 6.07) is 12.8. The summed E-state index contributed by atoms with van der Waals surface area (Å²) in [5.74, 6) is 1.56. The van der Waals surface area contributed by atoms with Gasteiger partial charge in [-0.3, -0.25) is 9.89 Å². The van der Waals surface area contributed by atoms with Gasteiger partial charge < -0.3 is 14.8 Å². The standard InChI is InChI=1S/C21H19N5O3S/c1-28-16-7-14(8-17(9-16)29-2)20(27)25-15-5-3-4-13(6-15)11-30-21-18-10-24-26-19(18)22-12-23-21/h3-10,12H,11H2,1-2H3,(H,25,27)(H,22,23,24,26). The molecule has 0 saturated heterocycles. The molecule has 0 aliphatic carbocycles. The third-order valence-electron chi connectivity index (χ3n) is 4.39. The molecule has 0 unspecified atom stereocenters. The number of benzene rings is 2. The molecule has 2 heterocycles. The third-order valence-corrected chi connectivity index (χ3v) is 5.46. The van der Waals surface area contributed by atoms with Crippen molar-refractivity contribution in [2.24, 2.45) is 0 Å². The number of ether oxygens (including phenoxy) is 2. The van der Waals surface area contributed by atoms with E-state index in [1.165, 1.54) is 6.33 Å². The first-order valence-corrected chi connectivity index (χ1v) is 10.0. The van der Waals surface area contributed by atoms with Crippen LogP contribution in [0.5, 0.6) is 11.5 Å². The first-order chi connectivity index (χ1) is 14.7. The van der Waals surface area contributed by atoms with Crippen molar-refractivity contribution < 1.29 is 14.3 Å². The van der Waals surface area contributed by atoms with Gasteiger partial charge in [-0.25, -0.2) is 9.97 Å². The van der Waals surface area contributed by atoms with Gasteiger partial charge in [-0.05, 0) is 29.8 Å². The summed E-state index contributed by atoms with van der Waals surface area (Å²) in [6.45, 7) is 0. The summed E-state index contributed by atoms with van der Waals surface area (Å²) >= 11 is 1.58. The number of aromatic amines is 1. The second-order valence-corrected chi connectivity index (χ2v) is 7.32. The second kappa shape index (κ2) is 8.83. The lowest BCUT2D eigenvalue weighted by molar-refractivity contribution is 0.102. The molecule has 0 bridgehead atoms. The molecule has 0 fully saturated rings. The molecule has 0 saturated carbocycles. The molecular weight excluding hydrogens is 402 g/mol. The summed E-state index contributed by atoms with van der Waals surface area (Å²) in [5, 5.41) is 11.5. The average molecular weight is 421 g/mol. The zero-order valence-corrected chi connectivity index (χ0v) is 17.2. The fourth-order valence-electron chi connectivity index (χ4n) is 2.89. The van der Waals surface area contributed by atoms with Gasteiger partial charge in [-0.1, -0.05) is 12.1 Å². The summed E-state index contributed by atoms with van der Waals surface area (Å²) in [5.41, 5.74) is 2.92. The highest BCUT2D eigenvalue weighted by Crippen LogP contribution is 2.27. The van der Waals surface area contributed by atoms with E-state index < -0.39 is 0 Å². The van der Waals surface area contributed by atoms with Gasteiger partial charge in [0.15, 0.2) is 5.65 Å². The van der Waals surface area contributed by atoms with Crippen molar-refractivity contribution in [1.29, 1.82) is 0 Å². The lowest BCUT2D eigenvalue weighted by atomic mass is 10.1. The van der Waals surface area contributed by atoms with Crippen LogP contribution in [-0.4, -0.2) is 40.3 Å². The minimum Gasteiger partial charge on any atom is -0.497 e. The fraction of sp³-hybridized carbons (Fsp3) is 0.143. The molecule has 0 atom stereocenters. The highest BCUT2D eigenvalue weighted by atomic mass is 32.2. The molecule has 0 radical (unpaired) electrons. The van der Waals surface area contributed by atoms with E-state index in [1.54, 1.807) is 50.4 Å². The van der Waals surface area contributed by atoms with Crippen molar-refractivity contribution in [1.82, 2.24) is 20.2 Å². The molecule has 2 aromatic carbocycles. The predicted octanol–water partition coefficient (Wildman–Crippen LogP) is 3.91. The van der Waals surface area contributed by atoms with Gasteiger partial charge in [0.1, 0.15) is 22.9 Å². The van der Waals surface area contributed by atoms with Crippen LogP contribution >= 0.6 is 11.8 Å². The van der Waals surface area contributed by atoms with Crippen molar-refractivity contribution >= 4 is 34.4 Å². The Morgan fingerprint density at radius 3 is 2.67 bits per heavy atom. The van der Waals surface area contributed by atoms with Gasteiger partial charge in [0, 0.05) is 23.1 Å². The van der Waals surface area contributed by atoms with Crippen LogP contribution in [0.3, 0.4) is 0 Å².